The zero-order valence-corrected chi connectivity index (χ0v) is 9.13. The van der Waals surface area contributed by atoms with E-state index in [1.807, 2.05) is 33.3 Å². The van der Waals surface area contributed by atoms with E-state index < -0.39 is 0 Å². The van der Waals surface area contributed by atoms with Gasteiger partial charge in [-0.3, -0.25) is 0 Å². The first-order valence-corrected chi connectivity index (χ1v) is 5.27. The second kappa shape index (κ2) is 4.65. The minimum atomic E-state index is -0.157. The van der Waals surface area contributed by atoms with Crippen LogP contribution in [-0.2, 0) is 10.9 Å². The average molecular weight is 177 g/mol. The number of carbonyl (C=O) groups is 1. The summed E-state index contributed by atoms with van der Waals surface area (Å²) >= 11 is 0. The summed E-state index contributed by atoms with van der Waals surface area (Å²) in [7, 11) is -0.157. The van der Waals surface area contributed by atoms with Crippen molar-refractivity contribution in [2.24, 2.45) is 0 Å². The van der Waals surface area contributed by atoms with E-state index in [-0.39, 0.29) is 29.1 Å². The van der Waals surface area contributed by atoms with E-state index in [4.69, 9.17) is 0 Å². The summed E-state index contributed by atoms with van der Waals surface area (Å²) in [4.78, 5) is 11.1. The van der Waals surface area contributed by atoms with Gasteiger partial charge in [0.05, 0.1) is 10.9 Å². The number of nitrogens with one attached hydrogen (secondary N) is 1. The van der Waals surface area contributed by atoms with E-state index in [1.54, 1.807) is 0 Å². The van der Waals surface area contributed by atoms with Gasteiger partial charge in [0.2, 0.25) is 0 Å². The average Bonchev–Trinajstić information content (AvgIpc) is 1.60. The second-order valence-electron chi connectivity index (χ2n) is 3.48. The molecular weight excluding hydrogens is 158 g/mol. The zero-order valence-electron chi connectivity index (χ0n) is 8.32. The first kappa shape index (κ1) is 13.4. The Morgan fingerprint density at radius 1 is 1.27 bits per heavy atom. The van der Waals surface area contributed by atoms with Gasteiger partial charge in [-0.25, -0.2) is 4.79 Å². The molecule has 0 saturated heterocycles. The summed E-state index contributed by atoms with van der Waals surface area (Å²) in [6.07, 6.45) is 3.84. The third kappa shape index (κ3) is 7.72. The lowest BCUT2D eigenvalue weighted by molar-refractivity contribution is 0.252. The molecule has 0 rings (SSSR count). The highest BCUT2D eigenvalue weighted by Crippen LogP contribution is 2.00. The summed E-state index contributed by atoms with van der Waals surface area (Å²) in [5.74, 6) is 0. The van der Waals surface area contributed by atoms with Crippen molar-refractivity contribution in [3.8, 4) is 0 Å². The van der Waals surface area contributed by atoms with Crippen LogP contribution in [0.2, 0.25) is 0 Å². The Labute approximate surface area is 73.1 Å². The van der Waals surface area contributed by atoms with E-state index in [9.17, 15) is 4.79 Å². The largest absolute Gasteiger partial charge is 0.429 e. The van der Waals surface area contributed by atoms with Crippen LogP contribution in [0.4, 0.5) is 4.79 Å². The summed E-state index contributed by atoms with van der Waals surface area (Å²) in [5, 5.41) is 3.04. The molecule has 0 heterocycles. The van der Waals surface area contributed by atoms with Gasteiger partial charge in [0.1, 0.15) is 12.5 Å². The van der Waals surface area contributed by atoms with Crippen molar-refractivity contribution in [3.63, 3.8) is 0 Å². The molecule has 0 fully saturated rings. The van der Waals surface area contributed by atoms with Crippen LogP contribution in [0.15, 0.2) is 0 Å². The Hall–Kier alpha value is -0.180. The molecule has 0 spiro atoms. The third-order valence-electron chi connectivity index (χ3n) is 0.848. The van der Waals surface area contributed by atoms with Crippen LogP contribution in [0.3, 0.4) is 0 Å². The number of amides is 1. The topological polar surface area (TPSA) is 29.1 Å². The monoisotopic (exact) mass is 177 g/mol. The number of carbonyl (C=O) groups excluding carboxylic acids is 1. The van der Waals surface area contributed by atoms with Crippen LogP contribution in [0.25, 0.3) is 0 Å². The molecule has 0 radical (unpaired) electrons. The van der Waals surface area contributed by atoms with Gasteiger partial charge in [0, 0.05) is 5.54 Å². The van der Waals surface area contributed by atoms with Crippen molar-refractivity contribution in [2.75, 3.05) is 12.5 Å². The molecule has 2 nitrogen and oxygen atoms in total. The number of hydrogen-bond donors (Lipinski definition) is 1. The highest BCUT2D eigenvalue weighted by molar-refractivity contribution is 8.09. The lowest BCUT2D eigenvalue weighted by Crippen LogP contribution is -2.42. The van der Waals surface area contributed by atoms with Crippen molar-refractivity contribution in [2.45, 2.75) is 26.3 Å². The highest BCUT2D eigenvalue weighted by Gasteiger charge is 2.22. The van der Waals surface area contributed by atoms with Gasteiger partial charge < -0.3 is 12.7 Å². The molecule has 0 aromatic heterocycles. The predicted octanol–water partition coefficient (Wildman–Crippen LogP) is 1.82. The molecule has 0 unspecified atom stereocenters. The summed E-state index contributed by atoms with van der Waals surface area (Å²) in [5.41, 5.74) is -0.0889. The van der Waals surface area contributed by atoms with Crippen LogP contribution in [-0.4, -0.2) is 23.3 Å². The molecule has 0 aromatic rings. The Morgan fingerprint density at radius 2 is 1.64 bits per heavy atom. The van der Waals surface area contributed by atoms with Crippen molar-refractivity contribution >= 4 is 16.1 Å². The maximum Gasteiger partial charge on any atom is 0.429 e. The van der Waals surface area contributed by atoms with Crippen LogP contribution in [0, 0.1) is 7.43 Å². The highest BCUT2D eigenvalue weighted by atomic mass is 32.2. The van der Waals surface area contributed by atoms with Crippen molar-refractivity contribution in [3.05, 3.63) is 7.43 Å². The molecule has 11 heavy (non-hydrogen) atoms. The predicted molar refractivity (Wildman–Crippen MR) is 53.9 cm³/mol. The SMILES string of the molecule is C[S+](C)C(=O)NC(C)(C)C.[CH3-]. The number of rotatable bonds is 0. The fourth-order valence-electron chi connectivity index (χ4n) is 0.408. The van der Waals surface area contributed by atoms with Crippen LogP contribution in [0.5, 0.6) is 0 Å². The third-order valence-corrected chi connectivity index (χ3v) is 1.69. The summed E-state index contributed by atoms with van der Waals surface area (Å²) in [6.45, 7) is 5.95. The van der Waals surface area contributed by atoms with Gasteiger partial charge in [0.15, 0.2) is 0 Å². The smallest absolute Gasteiger partial charge is 0.358 e. The maximum absolute atomic E-state index is 11.1. The standard InChI is InChI=1S/C7H15NOS.CH3/c1-7(2,3)8-6(9)10(4)5;/h1-5H3;1H3/q;-1/p+1. The van der Waals surface area contributed by atoms with E-state index in [1.165, 1.54) is 0 Å². The van der Waals surface area contributed by atoms with Crippen molar-refractivity contribution < 1.29 is 4.79 Å². The van der Waals surface area contributed by atoms with Gasteiger partial charge in [-0.1, -0.05) is 0 Å². The molecule has 0 aromatic carbocycles. The molecule has 68 valence electrons. The summed E-state index contributed by atoms with van der Waals surface area (Å²) in [6, 6.07) is 0. The van der Waals surface area contributed by atoms with Gasteiger partial charge in [-0.2, -0.15) is 0 Å². The second-order valence-corrected chi connectivity index (χ2v) is 5.48. The summed E-state index contributed by atoms with van der Waals surface area (Å²) < 4.78 is 0. The Balaban J connectivity index is 0. The molecule has 0 bridgehead atoms. The fraction of sp³-hybridized carbons (Fsp3) is 0.750. The van der Waals surface area contributed by atoms with Crippen LogP contribution >= 0.6 is 0 Å². The van der Waals surface area contributed by atoms with Gasteiger partial charge in [-0.15, -0.1) is 0 Å². The van der Waals surface area contributed by atoms with Crippen LogP contribution < -0.4 is 5.32 Å². The Bertz CT molecular complexity index is 127. The molecule has 0 aliphatic heterocycles. The molecule has 3 heteroatoms. The molecule has 1 amide bonds. The fourth-order valence-corrected chi connectivity index (χ4v) is 0.919. The van der Waals surface area contributed by atoms with Gasteiger partial charge >= 0.3 is 5.24 Å². The zero-order chi connectivity index (χ0) is 8.36. The van der Waals surface area contributed by atoms with E-state index >= 15 is 0 Å². The number of hydrogen-bond acceptors (Lipinski definition) is 1. The minimum absolute atomic E-state index is 0. The molecule has 0 atom stereocenters. The first-order valence-electron chi connectivity index (χ1n) is 3.22. The van der Waals surface area contributed by atoms with E-state index in [0.29, 0.717) is 0 Å². The maximum atomic E-state index is 11.1. The lowest BCUT2D eigenvalue weighted by atomic mass is 10.1. The Morgan fingerprint density at radius 3 is 1.73 bits per heavy atom. The molecule has 1 N–H and O–H groups in total. The van der Waals surface area contributed by atoms with Gasteiger partial charge in [0.25, 0.3) is 0 Å². The van der Waals surface area contributed by atoms with Gasteiger partial charge in [-0.05, 0) is 20.8 Å². The molecule has 0 aliphatic rings. The van der Waals surface area contributed by atoms with E-state index in [0.717, 1.165) is 0 Å². The van der Waals surface area contributed by atoms with Crippen molar-refractivity contribution in [1.82, 2.24) is 5.32 Å². The first-order chi connectivity index (χ1) is 4.33. The minimum Gasteiger partial charge on any atom is -0.358 e. The molecule has 0 aliphatic carbocycles. The van der Waals surface area contributed by atoms with Crippen molar-refractivity contribution in [1.29, 1.82) is 0 Å². The molecule has 0 saturated carbocycles. The quantitative estimate of drug-likeness (QED) is 0.444. The normalized spacial score (nSPS) is 10.7. The van der Waals surface area contributed by atoms with E-state index in [2.05, 4.69) is 5.32 Å². The molecular formula is C8H19NOS. The Kier molecular flexibility index (Phi) is 5.67. The van der Waals surface area contributed by atoms with Crippen LogP contribution in [0.1, 0.15) is 20.8 Å². The lowest BCUT2D eigenvalue weighted by Gasteiger charge is -2.17.